The van der Waals surface area contributed by atoms with Gasteiger partial charge in [-0.1, -0.05) is 31.9 Å². The number of carbonyl (C=O) groups excluding carboxylic acids is 1. The number of nitrogens with one attached hydrogen (secondary N) is 1. The van der Waals surface area contributed by atoms with Crippen molar-refractivity contribution in [1.82, 2.24) is 25.1 Å². The van der Waals surface area contributed by atoms with Crippen LogP contribution in [0.25, 0.3) is 5.82 Å². The molecule has 0 aliphatic heterocycles. The Kier molecular flexibility index (Phi) is 5.48. The Balaban J connectivity index is 1.64. The lowest BCUT2D eigenvalue weighted by atomic mass is 10.2. The molecule has 1 atom stereocenters. The minimum absolute atomic E-state index is 0.213. The fourth-order valence-corrected chi connectivity index (χ4v) is 4.20. The first-order chi connectivity index (χ1) is 13.9. The quantitative estimate of drug-likeness (QED) is 0.542. The molecular weight excluding hydrogens is 500 g/mol. The van der Waals surface area contributed by atoms with Crippen LogP contribution in [0.5, 0.6) is 0 Å². The van der Waals surface area contributed by atoms with E-state index in [0.717, 1.165) is 27.6 Å². The van der Waals surface area contributed by atoms with Crippen LogP contribution in [0.1, 0.15) is 59.3 Å². The normalized spacial score (nSPS) is 14.3. The first-order valence-corrected chi connectivity index (χ1v) is 10.6. The van der Waals surface area contributed by atoms with Gasteiger partial charge in [0, 0.05) is 26.6 Å². The minimum Gasteiger partial charge on any atom is -0.342 e. The smallest absolute Gasteiger partial charge is 0.251 e. The molecule has 3 aromatic rings. The summed E-state index contributed by atoms with van der Waals surface area (Å²) in [6.07, 6.45) is 3.63. The molecule has 1 amide bonds. The molecule has 1 fully saturated rings. The zero-order chi connectivity index (χ0) is 20.5. The number of hydrogen-bond acceptors (Lipinski definition) is 5. The van der Waals surface area contributed by atoms with Crippen molar-refractivity contribution in [1.29, 1.82) is 5.26 Å². The Hall–Kier alpha value is -2.57. The summed E-state index contributed by atoms with van der Waals surface area (Å²) < 4.78 is 3.27. The van der Waals surface area contributed by atoms with Gasteiger partial charge in [0.05, 0.1) is 11.6 Å². The predicted octanol–water partition coefficient (Wildman–Crippen LogP) is 4.43. The summed E-state index contributed by atoms with van der Waals surface area (Å²) in [6.45, 7) is 1.87. The van der Waals surface area contributed by atoms with Crippen molar-refractivity contribution in [2.75, 3.05) is 0 Å². The van der Waals surface area contributed by atoms with Crippen molar-refractivity contribution in [3.8, 4) is 11.9 Å². The van der Waals surface area contributed by atoms with Crippen molar-refractivity contribution in [3.63, 3.8) is 0 Å². The Morgan fingerprint density at radius 1 is 1.28 bits per heavy atom. The minimum atomic E-state index is -0.391. The summed E-state index contributed by atoms with van der Waals surface area (Å²) in [6, 6.07) is 10.5. The molecule has 2 heterocycles. The van der Waals surface area contributed by atoms with Gasteiger partial charge in [-0.3, -0.25) is 4.79 Å². The van der Waals surface area contributed by atoms with Crippen molar-refractivity contribution in [3.05, 3.63) is 68.2 Å². The monoisotopic (exact) mass is 514 g/mol. The maximum atomic E-state index is 12.8. The molecular formula is C20H16Br2N6O. The third-order valence-electron chi connectivity index (χ3n) is 4.54. The van der Waals surface area contributed by atoms with Gasteiger partial charge in [-0.15, -0.1) is 5.10 Å². The molecule has 1 saturated carbocycles. The second kappa shape index (κ2) is 8.05. The molecule has 4 rings (SSSR count). The Morgan fingerprint density at radius 2 is 2.00 bits per heavy atom. The van der Waals surface area contributed by atoms with E-state index in [0.29, 0.717) is 28.7 Å². The molecule has 0 spiro atoms. The van der Waals surface area contributed by atoms with Crippen LogP contribution in [0, 0.1) is 11.3 Å². The van der Waals surface area contributed by atoms with Crippen molar-refractivity contribution < 1.29 is 4.79 Å². The van der Waals surface area contributed by atoms with E-state index >= 15 is 0 Å². The van der Waals surface area contributed by atoms with Crippen molar-refractivity contribution >= 4 is 37.8 Å². The second-order valence-corrected chi connectivity index (χ2v) is 8.72. The number of pyridine rings is 1. The van der Waals surface area contributed by atoms with Gasteiger partial charge in [-0.05, 0) is 50.1 Å². The number of nitrogens with zero attached hydrogens (tertiary/aromatic N) is 5. The molecule has 2 aromatic heterocycles. The number of hydrogen-bond donors (Lipinski definition) is 1. The van der Waals surface area contributed by atoms with Crippen LogP contribution in [0.15, 0.2) is 45.5 Å². The summed E-state index contributed by atoms with van der Waals surface area (Å²) in [5, 5.41) is 16.6. The molecule has 0 radical (unpaired) electrons. The van der Waals surface area contributed by atoms with Crippen molar-refractivity contribution in [2.24, 2.45) is 0 Å². The van der Waals surface area contributed by atoms with E-state index in [1.54, 1.807) is 28.9 Å². The Bertz CT molecular complexity index is 1090. The van der Waals surface area contributed by atoms with Crippen LogP contribution < -0.4 is 5.32 Å². The van der Waals surface area contributed by atoms with Gasteiger partial charge < -0.3 is 5.32 Å². The summed E-state index contributed by atoms with van der Waals surface area (Å²) >= 11 is 6.81. The number of carbonyl (C=O) groups is 1. The molecule has 1 aromatic carbocycles. The van der Waals surface area contributed by atoms with Crippen LogP contribution in [-0.2, 0) is 0 Å². The third-order valence-corrected chi connectivity index (χ3v) is 5.46. The van der Waals surface area contributed by atoms with Gasteiger partial charge >= 0.3 is 0 Å². The molecule has 0 bridgehead atoms. The summed E-state index contributed by atoms with van der Waals surface area (Å²) in [5.74, 6) is 2.07. The molecule has 0 unspecified atom stereocenters. The molecule has 0 saturated heterocycles. The Labute approximate surface area is 184 Å². The zero-order valence-corrected chi connectivity index (χ0v) is 18.6. The van der Waals surface area contributed by atoms with Gasteiger partial charge in [0.2, 0.25) is 0 Å². The number of rotatable bonds is 5. The second-order valence-electron chi connectivity index (χ2n) is 6.88. The average Bonchev–Trinajstić information content (AvgIpc) is 3.45. The van der Waals surface area contributed by atoms with Crippen LogP contribution in [-0.4, -0.2) is 25.7 Å². The van der Waals surface area contributed by atoms with E-state index in [1.807, 2.05) is 13.0 Å². The fraction of sp³-hybridized carbons (Fsp3) is 0.250. The standard InChI is InChI=1S/C20H16Br2N6O/c1-11(25-20(29)14-6-15(21)8-16(22)7-14)19-26-18(13-3-4-13)27-28(19)17-5-2-12(9-23)10-24-17/h2,5-8,10-11,13H,3-4H2,1H3,(H,25,29)/t11-/m0/s1. The molecule has 1 aliphatic rings. The van der Waals surface area contributed by atoms with Crippen LogP contribution in [0.3, 0.4) is 0 Å². The topological polar surface area (TPSA) is 96.5 Å². The first kappa shape index (κ1) is 19.7. The van der Waals surface area contributed by atoms with E-state index in [-0.39, 0.29) is 5.91 Å². The first-order valence-electron chi connectivity index (χ1n) is 9.05. The number of nitriles is 1. The highest BCUT2D eigenvalue weighted by atomic mass is 79.9. The zero-order valence-electron chi connectivity index (χ0n) is 15.4. The number of benzene rings is 1. The van der Waals surface area contributed by atoms with Crippen molar-refractivity contribution in [2.45, 2.75) is 31.7 Å². The van der Waals surface area contributed by atoms with E-state index in [9.17, 15) is 4.79 Å². The summed E-state index contributed by atoms with van der Waals surface area (Å²) in [4.78, 5) is 21.8. The lowest BCUT2D eigenvalue weighted by Crippen LogP contribution is -2.28. The third kappa shape index (κ3) is 4.38. The average molecular weight is 516 g/mol. The van der Waals surface area contributed by atoms with Gasteiger partial charge in [-0.25, -0.2) is 9.97 Å². The molecule has 7 nitrogen and oxygen atoms in total. The van der Waals surface area contributed by atoms with E-state index in [4.69, 9.17) is 5.26 Å². The SMILES string of the molecule is C[C@H](NC(=O)c1cc(Br)cc(Br)c1)c1nc(C2CC2)nn1-c1ccc(C#N)cn1. The molecule has 1 N–H and O–H groups in total. The maximum Gasteiger partial charge on any atom is 0.251 e. The van der Waals surface area contributed by atoms with E-state index in [2.05, 4.69) is 58.3 Å². The maximum absolute atomic E-state index is 12.8. The van der Waals surface area contributed by atoms with Gasteiger partial charge in [0.15, 0.2) is 17.5 Å². The summed E-state index contributed by atoms with van der Waals surface area (Å²) in [7, 11) is 0. The lowest BCUT2D eigenvalue weighted by molar-refractivity contribution is 0.0937. The van der Waals surface area contributed by atoms with Gasteiger partial charge in [0.25, 0.3) is 5.91 Å². The highest BCUT2D eigenvalue weighted by molar-refractivity contribution is 9.11. The highest BCUT2D eigenvalue weighted by Crippen LogP contribution is 2.38. The van der Waals surface area contributed by atoms with E-state index in [1.165, 1.54) is 6.20 Å². The molecule has 1 aliphatic carbocycles. The van der Waals surface area contributed by atoms with E-state index < -0.39 is 6.04 Å². The Morgan fingerprint density at radius 3 is 2.59 bits per heavy atom. The largest absolute Gasteiger partial charge is 0.342 e. The summed E-state index contributed by atoms with van der Waals surface area (Å²) in [5.41, 5.74) is 1.00. The van der Waals surface area contributed by atoms with Gasteiger partial charge in [-0.2, -0.15) is 9.94 Å². The number of aromatic nitrogens is 4. The number of amides is 1. The highest BCUT2D eigenvalue weighted by Gasteiger charge is 2.31. The molecule has 9 heteroatoms. The lowest BCUT2D eigenvalue weighted by Gasteiger charge is -2.14. The van der Waals surface area contributed by atoms with Crippen LogP contribution >= 0.6 is 31.9 Å². The van der Waals surface area contributed by atoms with Gasteiger partial charge in [0.1, 0.15) is 6.07 Å². The fourth-order valence-electron chi connectivity index (χ4n) is 2.91. The van der Waals surface area contributed by atoms with Crippen LogP contribution in [0.2, 0.25) is 0 Å². The molecule has 146 valence electrons. The predicted molar refractivity (Wildman–Crippen MR) is 114 cm³/mol. The molecule has 29 heavy (non-hydrogen) atoms. The van der Waals surface area contributed by atoms with Crippen LogP contribution in [0.4, 0.5) is 0 Å². The number of halogens is 2.